The van der Waals surface area contributed by atoms with Crippen LogP contribution in [0, 0.1) is 0 Å². The van der Waals surface area contributed by atoms with E-state index in [9.17, 15) is 0 Å². The SMILES string of the molecule is COc1cccc([C@@]23CCN(C)[C@@H](C2)c2c([nH]c4ccccc24)C3)c1. The molecule has 0 spiro atoms. The highest BCUT2D eigenvalue weighted by Crippen LogP contribution is 2.52. The van der Waals surface area contributed by atoms with Gasteiger partial charge in [0.25, 0.3) is 0 Å². The molecule has 1 aliphatic carbocycles. The Hall–Kier alpha value is -2.26. The first-order chi connectivity index (χ1) is 12.2. The topological polar surface area (TPSA) is 28.3 Å². The minimum absolute atomic E-state index is 0.208. The van der Waals surface area contributed by atoms with Crippen molar-refractivity contribution < 1.29 is 4.74 Å². The first kappa shape index (κ1) is 15.0. The van der Waals surface area contributed by atoms with Crippen molar-refractivity contribution in [3.05, 3.63) is 65.4 Å². The number of hydrogen-bond donors (Lipinski definition) is 1. The van der Waals surface area contributed by atoms with E-state index in [1.807, 2.05) is 6.07 Å². The summed E-state index contributed by atoms with van der Waals surface area (Å²) in [5.74, 6) is 0.963. The second-order valence-electron chi connectivity index (χ2n) is 7.70. The van der Waals surface area contributed by atoms with E-state index in [1.165, 1.54) is 40.6 Å². The van der Waals surface area contributed by atoms with E-state index >= 15 is 0 Å². The molecule has 1 aromatic heterocycles. The zero-order valence-corrected chi connectivity index (χ0v) is 14.9. The molecule has 2 aromatic carbocycles. The first-order valence-electron chi connectivity index (χ1n) is 9.14. The van der Waals surface area contributed by atoms with E-state index in [1.54, 1.807) is 7.11 Å². The number of piperidine rings is 1. The van der Waals surface area contributed by atoms with E-state index in [0.717, 1.165) is 18.7 Å². The molecule has 2 heterocycles. The predicted molar refractivity (Wildman–Crippen MR) is 101 cm³/mol. The van der Waals surface area contributed by atoms with Crippen molar-refractivity contribution in [1.29, 1.82) is 0 Å². The molecule has 2 bridgehead atoms. The van der Waals surface area contributed by atoms with Gasteiger partial charge in [-0.1, -0.05) is 30.3 Å². The first-order valence-corrected chi connectivity index (χ1v) is 9.14. The number of H-pyrrole nitrogens is 1. The molecule has 3 nitrogen and oxygen atoms in total. The number of nitrogens with zero attached hydrogens (tertiary/aromatic N) is 1. The van der Waals surface area contributed by atoms with Gasteiger partial charge in [-0.15, -0.1) is 0 Å². The van der Waals surface area contributed by atoms with Crippen LogP contribution in [0.25, 0.3) is 10.9 Å². The summed E-state index contributed by atoms with van der Waals surface area (Å²) in [7, 11) is 4.03. The quantitative estimate of drug-likeness (QED) is 0.751. The van der Waals surface area contributed by atoms with E-state index in [0.29, 0.717) is 6.04 Å². The Balaban J connectivity index is 1.68. The van der Waals surface area contributed by atoms with E-state index in [-0.39, 0.29) is 5.41 Å². The molecule has 0 amide bonds. The van der Waals surface area contributed by atoms with Crippen LogP contribution in [0.5, 0.6) is 5.75 Å². The Kier molecular flexibility index (Phi) is 3.23. The number of methoxy groups -OCH3 is 1. The van der Waals surface area contributed by atoms with Gasteiger partial charge in [0.1, 0.15) is 5.75 Å². The second-order valence-corrected chi connectivity index (χ2v) is 7.70. The fourth-order valence-corrected chi connectivity index (χ4v) is 5.05. The van der Waals surface area contributed by atoms with Crippen LogP contribution in [0.2, 0.25) is 0 Å². The highest BCUT2D eigenvalue weighted by molar-refractivity contribution is 5.85. The number of ether oxygens (including phenoxy) is 1. The lowest BCUT2D eigenvalue weighted by molar-refractivity contribution is 0.103. The van der Waals surface area contributed by atoms with Crippen LogP contribution < -0.4 is 4.74 Å². The Morgan fingerprint density at radius 1 is 1.16 bits per heavy atom. The lowest BCUT2D eigenvalue weighted by Gasteiger charge is -2.49. The second kappa shape index (κ2) is 5.37. The van der Waals surface area contributed by atoms with Crippen molar-refractivity contribution in [2.24, 2.45) is 0 Å². The van der Waals surface area contributed by atoms with Crippen LogP contribution in [0.1, 0.15) is 35.7 Å². The normalized spacial score (nSPS) is 25.8. The molecule has 2 atom stereocenters. The number of benzene rings is 2. The van der Waals surface area contributed by atoms with E-state index in [2.05, 4.69) is 59.4 Å². The summed E-state index contributed by atoms with van der Waals surface area (Å²) in [6, 6.07) is 18.0. The molecule has 5 rings (SSSR count). The standard InChI is InChI=1S/C22H24N2O/c1-24-11-10-22(15-6-5-7-16(12-15)25-2)13-19-21(20(24)14-22)17-8-3-4-9-18(17)23-19/h3-9,12,20,23H,10-11,13-14H2,1-2H3/t20-,22+/m0/s1. The monoisotopic (exact) mass is 332 g/mol. The number of para-hydroxylation sites is 1. The van der Waals surface area contributed by atoms with Gasteiger partial charge in [-0.25, -0.2) is 0 Å². The van der Waals surface area contributed by atoms with Gasteiger partial charge < -0.3 is 9.72 Å². The molecular formula is C22H24N2O. The van der Waals surface area contributed by atoms with Gasteiger partial charge in [0.2, 0.25) is 0 Å². The zero-order chi connectivity index (χ0) is 17.0. The molecule has 1 fully saturated rings. The Morgan fingerprint density at radius 2 is 2.04 bits per heavy atom. The maximum atomic E-state index is 5.50. The number of fused-ring (bicyclic) bond motifs is 6. The van der Waals surface area contributed by atoms with Gasteiger partial charge in [0.15, 0.2) is 0 Å². The van der Waals surface area contributed by atoms with Crippen molar-refractivity contribution in [3.63, 3.8) is 0 Å². The van der Waals surface area contributed by atoms with Crippen molar-refractivity contribution >= 4 is 10.9 Å². The molecule has 3 heteroatoms. The van der Waals surface area contributed by atoms with Crippen LogP contribution >= 0.6 is 0 Å². The third-order valence-electron chi connectivity index (χ3n) is 6.42. The highest BCUT2D eigenvalue weighted by atomic mass is 16.5. The maximum Gasteiger partial charge on any atom is 0.119 e. The summed E-state index contributed by atoms with van der Waals surface area (Å²) in [6.45, 7) is 1.14. The molecule has 1 aliphatic heterocycles. The fourth-order valence-electron chi connectivity index (χ4n) is 5.05. The number of rotatable bonds is 2. The third kappa shape index (κ3) is 2.15. The summed E-state index contributed by atoms with van der Waals surface area (Å²) in [5.41, 5.74) is 5.85. The van der Waals surface area contributed by atoms with Gasteiger partial charge in [-0.3, -0.25) is 4.90 Å². The molecule has 2 aliphatic rings. The molecule has 1 saturated heterocycles. The van der Waals surface area contributed by atoms with Crippen LogP contribution in [0.15, 0.2) is 48.5 Å². The van der Waals surface area contributed by atoms with Crippen molar-refractivity contribution in [2.45, 2.75) is 30.7 Å². The molecule has 1 N–H and O–H groups in total. The molecule has 25 heavy (non-hydrogen) atoms. The zero-order valence-electron chi connectivity index (χ0n) is 14.9. The number of aromatic nitrogens is 1. The molecule has 128 valence electrons. The lowest BCUT2D eigenvalue weighted by Crippen LogP contribution is -2.47. The summed E-state index contributed by atoms with van der Waals surface area (Å²) in [4.78, 5) is 6.27. The van der Waals surface area contributed by atoms with Gasteiger partial charge in [0.05, 0.1) is 7.11 Å². The minimum Gasteiger partial charge on any atom is -0.497 e. The summed E-state index contributed by atoms with van der Waals surface area (Å²) in [5, 5.41) is 1.40. The van der Waals surface area contributed by atoms with Crippen LogP contribution in [0.4, 0.5) is 0 Å². The molecule has 3 aromatic rings. The fraction of sp³-hybridized carbons (Fsp3) is 0.364. The third-order valence-corrected chi connectivity index (χ3v) is 6.42. The van der Waals surface area contributed by atoms with Crippen molar-refractivity contribution in [2.75, 3.05) is 20.7 Å². The Labute approximate surface area is 148 Å². The summed E-state index contributed by atoms with van der Waals surface area (Å²) >= 11 is 0. The Morgan fingerprint density at radius 3 is 2.92 bits per heavy atom. The number of hydrogen-bond acceptors (Lipinski definition) is 2. The number of likely N-dealkylation sites (tertiary alicyclic amines) is 1. The molecule has 0 saturated carbocycles. The molecule has 0 unspecified atom stereocenters. The molecular weight excluding hydrogens is 308 g/mol. The number of nitrogens with one attached hydrogen (secondary N) is 1. The summed E-state index contributed by atoms with van der Waals surface area (Å²) in [6.07, 6.45) is 3.47. The highest BCUT2D eigenvalue weighted by Gasteiger charge is 2.46. The van der Waals surface area contributed by atoms with Crippen LogP contribution in [0.3, 0.4) is 0 Å². The maximum absolute atomic E-state index is 5.50. The largest absolute Gasteiger partial charge is 0.497 e. The van der Waals surface area contributed by atoms with Crippen molar-refractivity contribution in [1.82, 2.24) is 9.88 Å². The number of aromatic amines is 1. The average molecular weight is 332 g/mol. The summed E-state index contributed by atoms with van der Waals surface area (Å²) < 4.78 is 5.50. The predicted octanol–water partition coefficient (Wildman–Crippen LogP) is 4.44. The Bertz CT molecular complexity index is 944. The van der Waals surface area contributed by atoms with Gasteiger partial charge in [-0.05, 0) is 62.2 Å². The van der Waals surface area contributed by atoms with E-state index < -0.39 is 0 Å². The average Bonchev–Trinajstić information content (AvgIpc) is 3.02. The minimum atomic E-state index is 0.208. The lowest BCUT2D eigenvalue weighted by atomic mass is 9.63. The van der Waals surface area contributed by atoms with Gasteiger partial charge >= 0.3 is 0 Å². The van der Waals surface area contributed by atoms with Gasteiger partial charge in [0, 0.05) is 28.1 Å². The smallest absolute Gasteiger partial charge is 0.119 e. The van der Waals surface area contributed by atoms with Crippen LogP contribution in [-0.4, -0.2) is 30.6 Å². The van der Waals surface area contributed by atoms with Crippen LogP contribution in [-0.2, 0) is 11.8 Å². The van der Waals surface area contributed by atoms with Gasteiger partial charge in [-0.2, -0.15) is 0 Å². The van der Waals surface area contributed by atoms with Crippen molar-refractivity contribution in [3.8, 4) is 5.75 Å². The molecule has 0 radical (unpaired) electrons. The van der Waals surface area contributed by atoms with E-state index in [4.69, 9.17) is 4.74 Å².